The van der Waals surface area contributed by atoms with Gasteiger partial charge in [-0.05, 0) is 24.5 Å². The Morgan fingerprint density at radius 2 is 1.85 bits per heavy atom. The van der Waals surface area contributed by atoms with Crippen LogP contribution in [0.4, 0.5) is 0 Å². The van der Waals surface area contributed by atoms with Gasteiger partial charge in [0.1, 0.15) is 0 Å². The minimum Gasteiger partial charge on any atom is -0.275 e. The molecule has 1 heterocycles. The number of nitrogens with one attached hydrogen (secondary N) is 1. The van der Waals surface area contributed by atoms with Crippen molar-refractivity contribution in [3.63, 3.8) is 0 Å². The van der Waals surface area contributed by atoms with E-state index in [1.165, 1.54) is 5.56 Å². The van der Waals surface area contributed by atoms with Crippen LogP contribution in [0.2, 0.25) is 0 Å². The van der Waals surface area contributed by atoms with E-state index in [1.54, 1.807) is 0 Å². The van der Waals surface area contributed by atoms with Gasteiger partial charge in [-0.15, -0.1) is 0 Å². The Balaban J connectivity index is 2.50. The van der Waals surface area contributed by atoms with E-state index in [4.69, 9.17) is 5.84 Å². The summed E-state index contributed by atoms with van der Waals surface area (Å²) in [6.45, 7) is 4.42. The number of aromatic nitrogens is 2. The Morgan fingerprint density at radius 3 is 2.30 bits per heavy atom. The largest absolute Gasteiger partial charge is 0.275 e. The van der Waals surface area contributed by atoms with Gasteiger partial charge in [-0.2, -0.15) is 5.10 Å². The van der Waals surface area contributed by atoms with Crippen molar-refractivity contribution < 1.29 is 0 Å². The molecular formula is C16H24N4. The van der Waals surface area contributed by atoms with Gasteiger partial charge in [0.05, 0.1) is 11.7 Å². The molecule has 1 aromatic heterocycles. The molecule has 0 amide bonds. The normalized spacial score (nSPS) is 13.4. The van der Waals surface area contributed by atoms with E-state index in [0.717, 1.165) is 18.5 Å². The Bertz CT molecular complexity index is 528. The fourth-order valence-corrected chi connectivity index (χ4v) is 3.12. The third-order valence-electron chi connectivity index (χ3n) is 4.36. The minimum atomic E-state index is -0.0512. The summed E-state index contributed by atoms with van der Waals surface area (Å²) in [6, 6.07) is 12.6. The first-order valence-electron chi connectivity index (χ1n) is 7.19. The van der Waals surface area contributed by atoms with Crippen molar-refractivity contribution in [1.29, 1.82) is 0 Å². The summed E-state index contributed by atoms with van der Waals surface area (Å²) in [7, 11) is 1.93. The van der Waals surface area contributed by atoms with E-state index in [9.17, 15) is 0 Å². The van der Waals surface area contributed by atoms with Crippen molar-refractivity contribution in [1.82, 2.24) is 15.2 Å². The van der Waals surface area contributed by atoms with Crippen molar-refractivity contribution in [3.05, 3.63) is 53.9 Å². The van der Waals surface area contributed by atoms with Gasteiger partial charge in [0, 0.05) is 18.7 Å². The summed E-state index contributed by atoms with van der Waals surface area (Å²) in [4.78, 5) is 0. The summed E-state index contributed by atoms with van der Waals surface area (Å²) in [5, 5.41) is 4.54. The highest BCUT2D eigenvalue weighted by molar-refractivity contribution is 5.30. The van der Waals surface area contributed by atoms with E-state index >= 15 is 0 Å². The Hall–Kier alpha value is -1.65. The third kappa shape index (κ3) is 2.49. The molecule has 0 aliphatic rings. The maximum Gasteiger partial charge on any atom is 0.0816 e. The smallest absolute Gasteiger partial charge is 0.0816 e. The molecule has 4 heteroatoms. The molecule has 108 valence electrons. The molecule has 0 saturated carbocycles. The van der Waals surface area contributed by atoms with E-state index in [1.807, 2.05) is 30.1 Å². The summed E-state index contributed by atoms with van der Waals surface area (Å²) in [5.74, 6) is 5.89. The first kappa shape index (κ1) is 14.8. The van der Waals surface area contributed by atoms with E-state index in [-0.39, 0.29) is 11.5 Å². The molecule has 0 aliphatic carbocycles. The molecule has 0 saturated heterocycles. The third-order valence-corrected chi connectivity index (χ3v) is 4.36. The number of nitrogens with two attached hydrogens (primary N) is 1. The summed E-state index contributed by atoms with van der Waals surface area (Å²) in [5.41, 5.74) is 5.24. The first-order valence-corrected chi connectivity index (χ1v) is 7.19. The zero-order valence-corrected chi connectivity index (χ0v) is 12.5. The number of hydrogen-bond donors (Lipinski definition) is 2. The van der Waals surface area contributed by atoms with Crippen LogP contribution in [-0.2, 0) is 12.5 Å². The highest BCUT2D eigenvalue weighted by atomic mass is 15.3. The standard InChI is InChI=1S/C16H24N4/c1-4-16(5-2,13-9-7-6-8-10-13)15(18-17)14-11-12-20(3)19-14/h6-12,15,18H,4-5,17H2,1-3H3. The van der Waals surface area contributed by atoms with Crippen LogP contribution in [-0.4, -0.2) is 9.78 Å². The second-order valence-corrected chi connectivity index (χ2v) is 5.24. The molecule has 20 heavy (non-hydrogen) atoms. The van der Waals surface area contributed by atoms with Gasteiger partial charge in [-0.3, -0.25) is 16.0 Å². The van der Waals surface area contributed by atoms with Crippen LogP contribution in [0.3, 0.4) is 0 Å². The predicted octanol–water partition coefficient (Wildman–Crippen LogP) is 2.68. The minimum absolute atomic E-state index is 0.00102. The summed E-state index contributed by atoms with van der Waals surface area (Å²) in [6.07, 6.45) is 3.96. The topological polar surface area (TPSA) is 55.9 Å². The summed E-state index contributed by atoms with van der Waals surface area (Å²) >= 11 is 0. The molecule has 0 bridgehead atoms. The number of aryl methyl sites for hydroxylation is 1. The molecule has 2 aromatic rings. The highest BCUT2D eigenvalue weighted by Gasteiger charge is 2.39. The quantitative estimate of drug-likeness (QED) is 0.628. The lowest BCUT2D eigenvalue weighted by molar-refractivity contribution is 0.271. The maximum atomic E-state index is 5.89. The number of nitrogens with zero attached hydrogens (tertiary/aromatic N) is 2. The van der Waals surface area contributed by atoms with Gasteiger partial charge in [-0.25, -0.2) is 0 Å². The van der Waals surface area contributed by atoms with E-state index in [2.05, 4.69) is 48.6 Å². The van der Waals surface area contributed by atoms with Gasteiger partial charge in [0.15, 0.2) is 0 Å². The highest BCUT2D eigenvalue weighted by Crippen LogP contribution is 2.42. The van der Waals surface area contributed by atoms with Gasteiger partial charge < -0.3 is 0 Å². The van der Waals surface area contributed by atoms with Crippen LogP contribution in [0, 0.1) is 0 Å². The fourth-order valence-electron chi connectivity index (χ4n) is 3.12. The molecule has 1 atom stereocenters. The Labute approximate surface area is 121 Å². The average Bonchev–Trinajstić information content (AvgIpc) is 2.92. The van der Waals surface area contributed by atoms with Crippen molar-refractivity contribution in [3.8, 4) is 0 Å². The molecule has 0 radical (unpaired) electrons. The molecule has 4 nitrogen and oxygen atoms in total. The fraction of sp³-hybridized carbons (Fsp3) is 0.438. The maximum absolute atomic E-state index is 5.89. The van der Waals surface area contributed by atoms with Crippen molar-refractivity contribution in [2.75, 3.05) is 0 Å². The predicted molar refractivity (Wildman–Crippen MR) is 82.0 cm³/mol. The molecule has 0 fully saturated rings. The van der Waals surface area contributed by atoms with E-state index < -0.39 is 0 Å². The number of hydrazine groups is 1. The van der Waals surface area contributed by atoms with Crippen LogP contribution < -0.4 is 11.3 Å². The zero-order chi connectivity index (χ0) is 14.6. The van der Waals surface area contributed by atoms with Crippen LogP contribution in [0.15, 0.2) is 42.6 Å². The van der Waals surface area contributed by atoms with Gasteiger partial charge in [-0.1, -0.05) is 44.2 Å². The van der Waals surface area contributed by atoms with E-state index in [0.29, 0.717) is 0 Å². The van der Waals surface area contributed by atoms with Gasteiger partial charge in [0.25, 0.3) is 0 Å². The SMILES string of the molecule is CCC(CC)(c1ccccc1)C(NN)c1ccn(C)n1. The van der Waals surface area contributed by atoms with Crippen molar-refractivity contribution in [2.45, 2.75) is 38.1 Å². The molecule has 0 spiro atoms. The molecule has 1 unspecified atom stereocenters. The second-order valence-electron chi connectivity index (χ2n) is 5.24. The molecule has 3 N–H and O–H groups in total. The Kier molecular flexibility index (Phi) is 4.57. The lowest BCUT2D eigenvalue weighted by atomic mass is 9.69. The number of rotatable bonds is 6. The number of benzene rings is 1. The van der Waals surface area contributed by atoms with Gasteiger partial charge in [0.2, 0.25) is 0 Å². The van der Waals surface area contributed by atoms with Crippen LogP contribution in [0.25, 0.3) is 0 Å². The van der Waals surface area contributed by atoms with Crippen LogP contribution in [0.1, 0.15) is 44.0 Å². The zero-order valence-electron chi connectivity index (χ0n) is 12.5. The van der Waals surface area contributed by atoms with Gasteiger partial charge >= 0.3 is 0 Å². The monoisotopic (exact) mass is 272 g/mol. The molecule has 1 aromatic carbocycles. The molecular weight excluding hydrogens is 248 g/mol. The van der Waals surface area contributed by atoms with Crippen LogP contribution in [0.5, 0.6) is 0 Å². The van der Waals surface area contributed by atoms with Crippen LogP contribution >= 0.6 is 0 Å². The number of hydrogen-bond acceptors (Lipinski definition) is 3. The van der Waals surface area contributed by atoms with Crippen molar-refractivity contribution >= 4 is 0 Å². The molecule has 0 aliphatic heterocycles. The lowest BCUT2D eigenvalue weighted by Gasteiger charge is -2.39. The molecule has 2 rings (SSSR count). The van der Waals surface area contributed by atoms with Crippen molar-refractivity contribution in [2.24, 2.45) is 12.9 Å². The average molecular weight is 272 g/mol. The Morgan fingerprint density at radius 1 is 1.20 bits per heavy atom. The summed E-state index contributed by atoms with van der Waals surface area (Å²) < 4.78 is 1.82. The first-order chi connectivity index (χ1) is 9.67. The lowest BCUT2D eigenvalue weighted by Crippen LogP contribution is -2.44. The second kappa shape index (κ2) is 6.20.